The molecule has 176 valence electrons. The smallest absolute Gasteiger partial charge is 0.247 e. The highest BCUT2D eigenvalue weighted by Gasteiger charge is 2.44. The normalized spacial score (nSPS) is 27.7. The lowest BCUT2D eigenvalue weighted by molar-refractivity contribution is 0.0519. The van der Waals surface area contributed by atoms with Crippen molar-refractivity contribution in [3.63, 3.8) is 0 Å². The van der Waals surface area contributed by atoms with Crippen LogP contribution < -0.4 is 10.1 Å². The molecule has 1 saturated carbocycles. The number of aromatic nitrogens is 3. The Morgan fingerprint density at radius 1 is 1.21 bits per heavy atom. The fourth-order valence-corrected chi connectivity index (χ4v) is 6.69. The van der Waals surface area contributed by atoms with Crippen LogP contribution >= 0.6 is 11.8 Å². The van der Waals surface area contributed by atoms with E-state index in [9.17, 15) is 0 Å². The number of fused-ring (bicyclic) bond motifs is 4. The molecule has 3 aliphatic rings. The largest absolute Gasteiger partial charge is 0.452 e. The number of nitrogens with one attached hydrogen (secondary N) is 1. The van der Waals surface area contributed by atoms with E-state index in [1.165, 1.54) is 12.8 Å². The summed E-state index contributed by atoms with van der Waals surface area (Å²) < 4.78 is 6.69. The first kappa shape index (κ1) is 22.7. The number of unbranched alkanes of at least 4 members (excludes halogenated alkanes) is 1. The minimum Gasteiger partial charge on any atom is -0.452 e. The van der Waals surface area contributed by atoms with E-state index in [4.69, 9.17) is 9.72 Å². The Labute approximate surface area is 202 Å². The molecular weight excluding hydrogens is 428 g/mol. The van der Waals surface area contributed by atoms with Crippen molar-refractivity contribution in [2.75, 3.05) is 11.1 Å². The molecule has 6 heteroatoms. The van der Waals surface area contributed by atoms with E-state index >= 15 is 0 Å². The minimum absolute atomic E-state index is 0.133. The molecule has 2 aliphatic carbocycles. The molecule has 0 radical (unpaired) electrons. The Balaban J connectivity index is 1.48. The SMILES string of the molecule is CCCCSc1nnc2c(n1)O[C@H]([C@@H]1C[C@@H]3C(=CCCC3(C)C)C[C@H]1C)Nc1ccccc1-2. The van der Waals surface area contributed by atoms with E-state index in [-0.39, 0.29) is 6.23 Å². The maximum Gasteiger partial charge on any atom is 0.247 e. The van der Waals surface area contributed by atoms with Gasteiger partial charge in [-0.05, 0) is 55.4 Å². The second kappa shape index (κ2) is 9.28. The first-order valence-electron chi connectivity index (χ1n) is 12.6. The molecule has 33 heavy (non-hydrogen) atoms. The lowest BCUT2D eigenvalue weighted by atomic mass is 9.59. The summed E-state index contributed by atoms with van der Waals surface area (Å²) in [6.45, 7) is 9.48. The van der Waals surface area contributed by atoms with Crippen LogP contribution in [0.5, 0.6) is 5.88 Å². The standard InChI is InChI=1S/C27H36N4OS/c1-5-6-14-33-26-29-25-23(30-31-26)19-11-7-8-12-22(19)28-24(32-25)20-16-21-18(15-17(20)2)10-9-13-27(21,3)4/h7-8,10-12,17,20-21,24,28H,5-6,9,13-16H2,1-4H3/t17-,20-,21-,24-/m1/s1. The lowest BCUT2D eigenvalue weighted by Crippen LogP contribution is -2.45. The number of allylic oxidation sites excluding steroid dienone is 2. The van der Waals surface area contributed by atoms with Gasteiger partial charge < -0.3 is 10.1 Å². The quantitative estimate of drug-likeness (QED) is 0.293. The number of hydrogen-bond donors (Lipinski definition) is 1. The van der Waals surface area contributed by atoms with Gasteiger partial charge in [-0.2, -0.15) is 4.98 Å². The molecule has 0 bridgehead atoms. The second-order valence-electron chi connectivity index (χ2n) is 10.6. The number of anilines is 1. The van der Waals surface area contributed by atoms with Gasteiger partial charge in [-0.1, -0.05) is 75.7 Å². The van der Waals surface area contributed by atoms with E-state index in [2.05, 4.69) is 67.5 Å². The van der Waals surface area contributed by atoms with Crippen LogP contribution in [0.3, 0.4) is 0 Å². The summed E-state index contributed by atoms with van der Waals surface area (Å²) in [5, 5.41) is 13.4. The van der Waals surface area contributed by atoms with Gasteiger partial charge in [0.05, 0.1) is 0 Å². The molecule has 0 unspecified atom stereocenters. The number of ether oxygens (including phenoxy) is 1. The molecule has 5 rings (SSSR count). The average Bonchev–Trinajstić information content (AvgIpc) is 2.95. The summed E-state index contributed by atoms with van der Waals surface area (Å²) in [6, 6.07) is 8.32. The van der Waals surface area contributed by atoms with Gasteiger partial charge in [-0.3, -0.25) is 0 Å². The summed E-state index contributed by atoms with van der Waals surface area (Å²) in [5.74, 6) is 3.18. The number of benzene rings is 1. The fraction of sp³-hybridized carbons (Fsp3) is 0.593. The van der Waals surface area contributed by atoms with Gasteiger partial charge in [-0.25, -0.2) is 0 Å². The molecule has 5 nitrogen and oxygen atoms in total. The predicted molar refractivity (Wildman–Crippen MR) is 135 cm³/mol. The van der Waals surface area contributed by atoms with Gasteiger partial charge in [0, 0.05) is 22.9 Å². The van der Waals surface area contributed by atoms with Crippen LogP contribution in [0.4, 0.5) is 5.69 Å². The van der Waals surface area contributed by atoms with Crippen LogP contribution in [0.15, 0.2) is 41.1 Å². The van der Waals surface area contributed by atoms with Crippen LogP contribution in [0.25, 0.3) is 11.3 Å². The van der Waals surface area contributed by atoms with Gasteiger partial charge in [-0.15, -0.1) is 10.2 Å². The molecule has 1 aliphatic heterocycles. The first-order valence-corrected chi connectivity index (χ1v) is 13.5. The molecule has 1 fully saturated rings. The molecule has 2 aromatic rings. The van der Waals surface area contributed by atoms with Crippen LogP contribution in [0.2, 0.25) is 0 Å². The maximum absolute atomic E-state index is 6.69. The van der Waals surface area contributed by atoms with Gasteiger partial charge in [0.2, 0.25) is 11.0 Å². The molecule has 2 heterocycles. The van der Waals surface area contributed by atoms with Crippen molar-refractivity contribution in [2.24, 2.45) is 23.2 Å². The second-order valence-corrected chi connectivity index (χ2v) is 11.7. The number of para-hydroxylation sites is 1. The van der Waals surface area contributed by atoms with Crippen LogP contribution in [0.1, 0.15) is 66.2 Å². The Hall–Kier alpha value is -2.08. The highest BCUT2D eigenvalue weighted by atomic mass is 32.2. The Bertz CT molecular complexity index is 1040. The fourth-order valence-electron chi connectivity index (χ4n) is 5.82. The summed E-state index contributed by atoms with van der Waals surface area (Å²) in [4.78, 5) is 4.84. The van der Waals surface area contributed by atoms with Crippen LogP contribution in [0, 0.1) is 23.2 Å². The summed E-state index contributed by atoms with van der Waals surface area (Å²) in [7, 11) is 0. The number of nitrogens with zero attached hydrogens (tertiary/aromatic N) is 3. The Morgan fingerprint density at radius 2 is 2.06 bits per heavy atom. The number of rotatable bonds is 5. The van der Waals surface area contributed by atoms with Crippen molar-refractivity contribution in [3.8, 4) is 17.1 Å². The molecule has 1 aromatic carbocycles. The molecule has 0 saturated heterocycles. The minimum atomic E-state index is -0.133. The zero-order chi connectivity index (χ0) is 23.0. The first-order chi connectivity index (χ1) is 16.0. The predicted octanol–water partition coefficient (Wildman–Crippen LogP) is 6.97. The van der Waals surface area contributed by atoms with Crippen molar-refractivity contribution >= 4 is 17.4 Å². The van der Waals surface area contributed by atoms with Gasteiger partial charge in [0.1, 0.15) is 0 Å². The highest BCUT2D eigenvalue weighted by molar-refractivity contribution is 7.99. The summed E-state index contributed by atoms with van der Waals surface area (Å²) >= 11 is 1.67. The third kappa shape index (κ3) is 4.51. The molecular formula is C27H36N4OS. The van der Waals surface area contributed by atoms with Crippen molar-refractivity contribution in [2.45, 2.75) is 77.6 Å². The lowest BCUT2D eigenvalue weighted by Gasteiger charge is -2.48. The summed E-state index contributed by atoms with van der Waals surface area (Å²) in [6.07, 6.45) is 9.48. The van der Waals surface area contributed by atoms with Crippen LogP contribution in [-0.2, 0) is 0 Å². The zero-order valence-electron chi connectivity index (χ0n) is 20.3. The molecule has 1 N–H and O–H groups in total. The Morgan fingerprint density at radius 3 is 2.91 bits per heavy atom. The van der Waals surface area contributed by atoms with E-state index in [0.717, 1.165) is 48.4 Å². The van der Waals surface area contributed by atoms with Gasteiger partial charge in [0.25, 0.3) is 0 Å². The van der Waals surface area contributed by atoms with Crippen molar-refractivity contribution in [3.05, 3.63) is 35.9 Å². The monoisotopic (exact) mass is 464 g/mol. The van der Waals surface area contributed by atoms with Crippen LogP contribution in [-0.4, -0.2) is 27.2 Å². The third-order valence-electron chi connectivity index (χ3n) is 7.85. The Kier molecular flexibility index (Phi) is 6.39. The van der Waals surface area contributed by atoms with Gasteiger partial charge in [0.15, 0.2) is 11.9 Å². The van der Waals surface area contributed by atoms with E-state index in [0.29, 0.717) is 34.2 Å². The summed E-state index contributed by atoms with van der Waals surface area (Å²) in [5.41, 5.74) is 4.82. The topological polar surface area (TPSA) is 59.9 Å². The van der Waals surface area contributed by atoms with E-state index in [1.807, 2.05) is 6.07 Å². The number of thioether (sulfide) groups is 1. The maximum atomic E-state index is 6.69. The molecule has 0 amide bonds. The highest BCUT2D eigenvalue weighted by Crippen LogP contribution is 2.52. The molecule has 1 aromatic heterocycles. The van der Waals surface area contributed by atoms with Gasteiger partial charge >= 0.3 is 0 Å². The zero-order valence-corrected chi connectivity index (χ0v) is 21.1. The van der Waals surface area contributed by atoms with E-state index < -0.39 is 0 Å². The van der Waals surface area contributed by atoms with Crippen molar-refractivity contribution in [1.82, 2.24) is 15.2 Å². The average molecular weight is 465 g/mol. The third-order valence-corrected chi connectivity index (χ3v) is 8.78. The molecule has 0 spiro atoms. The van der Waals surface area contributed by atoms with Crippen molar-refractivity contribution in [1.29, 1.82) is 0 Å². The number of hydrogen-bond acceptors (Lipinski definition) is 6. The van der Waals surface area contributed by atoms with E-state index in [1.54, 1.807) is 17.3 Å². The molecule has 4 atom stereocenters. The van der Waals surface area contributed by atoms with Crippen molar-refractivity contribution < 1.29 is 4.74 Å².